The molecule has 3 aliphatic rings. The molecule has 1 atom stereocenters. The number of ether oxygens (including phenoxy) is 2. The maximum atomic E-state index is 12.9. The number of hydrogen-bond acceptors (Lipinski definition) is 8. The smallest absolute Gasteiger partial charge is 0.262 e. The van der Waals surface area contributed by atoms with E-state index >= 15 is 0 Å². The second-order valence-corrected chi connectivity index (χ2v) is 8.20. The second kappa shape index (κ2) is 9.76. The Bertz CT molecular complexity index is 913. The summed E-state index contributed by atoms with van der Waals surface area (Å²) in [5.74, 6) is -1.58. The van der Waals surface area contributed by atoms with Crippen molar-refractivity contribution >= 4 is 23.6 Å². The van der Waals surface area contributed by atoms with E-state index in [0.717, 1.165) is 31.0 Å². The van der Waals surface area contributed by atoms with E-state index in [9.17, 15) is 19.2 Å². The number of imide groups is 2. The van der Waals surface area contributed by atoms with Crippen LogP contribution in [-0.2, 0) is 14.3 Å². The number of fused-ring (bicyclic) bond motifs is 1. The number of carbonyl (C=O) groups is 4. The highest BCUT2D eigenvalue weighted by Gasteiger charge is 2.44. The molecule has 10 nitrogen and oxygen atoms in total. The van der Waals surface area contributed by atoms with Crippen LogP contribution < -0.4 is 10.1 Å². The zero-order valence-electron chi connectivity index (χ0n) is 17.7. The minimum Gasteiger partial charge on any atom is -0.488 e. The number of aliphatic hydroxyl groups excluding tert-OH is 1. The normalized spacial score (nSPS) is 21.5. The van der Waals surface area contributed by atoms with Gasteiger partial charge < -0.3 is 14.6 Å². The fourth-order valence-corrected chi connectivity index (χ4v) is 4.15. The summed E-state index contributed by atoms with van der Waals surface area (Å²) in [4.78, 5) is 52.3. The minimum absolute atomic E-state index is 0.00167. The van der Waals surface area contributed by atoms with Gasteiger partial charge in [-0.05, 0) is 37.5 Å². The minimum atomic E-state index is -0.975. The van der Waals surface area contributed by atoms with Gasteiger partial charge in [0.25, 0.3) is 11.8 Å². The van der Waals surface area contributed by atoms with Crippen molar-refractivity contribution in [3.05, 3.63) is 29.3 Å². The highest BCUT2D eigenvalue weighted by molar-refractivity contribution is 6.23. The number of rotatable bonds is 10. The summed E-state index contributed by atoms with van der Waals surface area (Å²) in [6, 6.07) is 3.79. The molecular weight excluding hydrogens is 418 g/mol. The Kier molecular flexibility index (Phi) is 6.83. The lowest BCUT2D eigenvalue weighted by Gasteiger charge is -2.39. The molecule has 4 rings (SSSR count). The van der Waals surface area contributed by atoms with Crippen LogP contribution >= 0.6 is 0 Å². The summed E-state index contributed by atoms with van der Waals surface area (Å²) in [5, 5.41) is 10.9. The van der Waals surface area contributed by atoms with E-state index in [4.69, 9.17) is 14.6 Å². The third kappa shape index (κ3) is 4.67. The van der Waals surface area contributed by atoms with Gasteiger partial charge in [0, 0.05) is 45.9 Å². The van der Waals surface area contributed by atoms with E-state index in [1.54, 1.807) is 18.2 Å². The predicted octanol–water partition coefficient (Wildman–Crippen LogP) is -0.0601. The van der Waals surface area contributed by atoms with Crippen LogP contribution in [0.5, 0.6) is 5.75 Å². The van der Waals surface area contributed by atoms with Crippen LogP contribution in [0.3, 0.4) is 0 Å². The molecule has 2 N–H and O–H groups in total. The van der Waals surface area contributed by atoms with Crippen molar-refractivity contribution in [3.63, 3.8) is 0 Å². The summed E-state index contributed by atoms with van der Waals surface area (Å²) < 4.78 is 11.4. The Hall–Kier alpha value is -2.82. The van der Waals surface area contributed by atoms with Crippen LogP contribution in [0.2, 0.25) is 0 Å². The van der Waals surface area contributed by atoms with Gasteiger partial charge in [-0.3, -0.25) is 34.3 Å². The van der Waals surface area contributed by atoms with Gasteiger partial charge in [-0.1, -0.05) is 0 Å². The lowest BCUT2D eigenvalue weighted by molar-refractivity contribution is -0.136. The highest BCUT2D eigenvalue weighted by Crippen LogP contribution is 2.31. The van der Waals surface area contributed by atoms with Crippen molar-refractivity contribution < 1.29 is 33.8 Å². The number of aliphatic hydroxyl groups is 1. The van der Waals surface area contributed by atoms with Crippen molar-refractivity contribution in [2.75, 3.05) is 39.5 Å². The average Bonchev–Trinajstić information content (AvgIpc) is 2.98. The first-order valence-electron chi connectivity index (χ1n) is 10.9. The number of piperidine rings is 1. The lowest BCUT2D eigenvalue weighted by Crippen LogP contribution is -2.54. The van der Waals surface area contributed by atoms with E-state index in [1.165, 1.54) is 0 Å². The first kappa shape index (κ1) is 22.4. The van der Waals surface area contributed by atoms with E-state index in [1.807, 2.05) is 0 Å². The summed E-state index contributed by atoms with van der Waals surface area (Å²) in [6.45, 7) is 3.81. The molecule has 3 heterocycles. The molecule has 0 radical (unpaired) electrons. The quantitative estimate of drug-likeness (QED) is 0.379. The molecule has 1 aromatic rings. The highest BCUT2D eigenvalue weighted by atomic mass is 16.5. The van der Waals surface area contributed by atoms with Crippen LogP contribution in [0, 0.1) is 0 Å². The second-order valence-electron chi connectivity index (χ2n) is 8.20. The summed E-state index contributed by atoms with van der Waals surface area (Å²) in [6.07, 6.45) is 1.78. The van der Waals surface area contributed by atoms with E-state index in [0.29, 0.717) is 25.4 Å². The molecule has 4 amide bonds. The molecule has 0 spiro atoms. The third-order valence-corrected chi connectivity index (χ3v) is 5.85. The SMILES string of the molecule is O=C1CCC(N2C(=O)c3ccc(OC4CN(CCCOCCCO)C4)cc3C2=O)C(=O)N1. The van der Waals surface area contributed by atoms with Gasteiger partial charge in [0.05, 0.1) is 11.1 Å². The van der Waals surface area contributed by atoms with E-state index < -0.39 is 29.7 Å². The van der Waals surface area contributed by atoms with Crippen molar-refractivity contribution in [2.45, 2.75) is 37.8 Å². The topological polar surface area (TPSA) is 125 Å². The lowest BCUT2D eigenvalue weighted by atomic mass is 10.0. The van der Waals surface area contributed by atoms with Crippen LogP contribution in [0.1, 0.15) is 46.4 Å². The Morgan fingerprint density at radius 2 is 1.78 bits per heavy atom. The maximum Gasteiger partial charge on any atom is 0.262 e. The number of carbonyl (C=O) groups excluding carboxylic acids is 4. The monoisotopic (exact) mass is 445 g/mol. The summed E-state index contributed by atoms with van der Waals surface area (Å²) >= 11 is 0. The van der Waals surface area contributed by atoms with Gasteiger partial charge in [-0.15, -0.1) is 0 Å². The molecule has 1 unspecified atom stereocenters. The van der Waals surface area contributed by atoms with Crippen LogP contribution in [-0.4, -0.2) is 90.1 Å². The molecule has 0 aliphatic carbocycles. The molecule has 0 aromatic heterocycles. The first-order valence-corrected chi connectivity index (χ1v) is 10.9. The average molecular weight is 445 g/mol. The van der Waals surface area contributed by atoms with Crippen LogP contribution in [0.4, 0.5) is 0 Å². The third-order valence-electron chi connectivity index (χ3n) is 5.85. The van der Waals surface area contributed by atoms with E-state index in [2.05, 4.69) is 10.2 Å². The molecule has 10 heteroatoms. The summed E-state index contributed by atoms with van der Waals surface area (Å²) in [5.41, 5.74) is 0.455. The van der Waals surface area contributed by atoms with Crippen molar-refractivity contribution in [3.8, 4) is 5.75 Å². The Morgan fingerprint density at radius 3 is 2.53 bits per heavy atom. The Morgan fingerprint density at radius 1 is 1.03 bits per heavy atom. The predicted molar refractivity (Wildman–Crippen MR) is 111 cm³/mol. The fourth-order valence-electron chi connectivity index (χ4n) is 4.15. The van der Waals surface area contributed by atoms with Gasteiger partial charge in [-0.25, -0.2) is 0 Å². The molecule has 0 saturated carbocycles. The number of likely N-dealkylation sites (tertiary alicyclic amines) is 1. The van der Waals surface area contributed by atoms with Crippen molar-refractivity contribution in [2.24, 2.45) is 0 Å². The number of hydrogen-bond donors (Lipinski definition) is 2. The first-order chi connectivity index (χ1) is 15.5. The van der Waals surface area contributed by atoms with Crippen molar-refractivity contribution in [1.82, 2.24) is 15.1 Å². The maximum absolute atomic E-state index is 12.9. The molecule has 3 aliphatic heterocycles. The zero-order valence-corrected chi connectivity index (χ0v) is 17.7. The van der Waals surface area contributed by atoms with Crippen LogP contribution in [0.25, 0.3) is 0 Å². The Labute approximate surface area is 185 Å². The number of benzene rings is 1. The molecule has 1 aromatic carbocycles. The largest absolute Gasteiger partial charge is 0.488 e. The van der Waals surface area contributed by atoms with Gasteiger partial charge in [0.15, 0.2) is 0 Å². The number of nitrogens with one attached hydrogen (secondary N) is 1. The molecule has 0 bridgehead atoms. The van der Waals surface area contributed by atoms with Crippen LogP contribution in [0.15, 0.2) is 18.2 Å². The van der Waals surface area contributed by atoms with E-state index in [-0.39, 0.29) is 36.7 Å². The Balaban J connectivity index is 1.28. The molecule has 2 fully saturated rings. The molecule has 32 heavy (non-hydrogen) atoms. The number of nitrogens with zero attached hydrogens (tertiary/aromatic N) is 2. The molecule has 172 valence electrons. The zero-order chi connectivity index (χ0) is 22.7. The summed E-state index contributed by atoms with van der Waals surface area (Å²) in [7, 11) is 0. The standard InChI is InChI=1S/C22H27N3O7/c26-8-2-10-31-9-1-7-24-12-15(13-24)32-14-3-4-16-17(11-14)22(30)25(21(16)29)18-5-6-19(27)23-20(18)28/h3-4,11,15,18,26H,1-2,5-10,12-13H2,(H,23,27,28). The van der Waals surface area contributed by atoms with Gasteiger partial charge in [-0.2, -0.15) is 0 Å². The molecule has 2 saturated heterocycles. The van der Waals surface area contributed by atoms with Gasteiger partial charge in [0.1, 0.15) is 17.9 Å². The van der Waals surface area contributed by atoms with Gasteiger partial charge in [0.2, 0.25) is 11.8 Å². The molecular formula is C22H27N3O7. The van der Waals surface area contributed by atoms with Crippen molar-refractivity contribution in [1.29, 1.82) is 0 Å². The van der Waals surface area contributed by atoms with Gasteiger partial charge >= 0.3 is 0 Å². The number of amides is 4. The fraction of sp³-hybridized carbons (Fsp3) is 0.545.